The number of carbonyl (C=O) groups is 3. The van der Waals surface area contributed by atoms with Crippen molar-refractivity contribution in [1.29, 1.82) is 0 Å². The van der Waals surface area contributed by atoms with E-state index in [1.54, 1.807) is 42.5 Å². The van der Waals surface area contributed by atoms with Crippen LogP contribution in [0.25, 0.3) is 0 Å². The van der Waals surface area contributed by atoms with E-state index in [9.17, 15) is 28.3 Å². The lowest BCUT2D eigenvalue weighted by molar-refractivity contribution is -0.139. The van der Waals surface area contributed by atoms with E-state index in [1.165, 1.54) is 30.4 Å². The number of piperidine rings is 1. The van der Waals surface area contributed by atoms with E-state index in [1.807, 2.05) is 0 Å². The van der Waals surface area contributed by atoms with Gasteiger partial charge in [-0.2, -0.15) is 0 Å². The van der Waals surface area contributed by atoms with Gasteiger partial charge in [-0.15, -0.1) is 11.3 Å². The van der Waals surface area contributed by atoms with Crippen LogP contribution >= 0.6 is 11.3 Å². The number of thiazole rings is 1. The SMILES string of the molecule is CCOC(=O)C1=C(CN2CC[C@@H]3C(=O)N(c4ccc(C(=O)O)c(C)c4)C[C@@H]3C2)NC(c2nccs2)=N[C@H]1c1ccc(F)c(F)c1C. The molecule has 3 aliphatic heterocycles. The van der Waals surface area contributed by atoms with Crippen molar-refractivity contribution in [2.45, 2.75) is 33.2 Å². The molecule has 0 aliphatic carbocycles. The summed E-state index contributed by atoms with van der Waals surface area (Å²) in [5.41, 5.74) is 2.57. The molecule has 3 atom stereocenters. The van der Waals surface area contributed by atoms with Crippen molar-refractivity contribution in [1.82, 2.24) is 15.2 Å². The third kappa shape index (κ3) is 5.80. The Morgan fingerprint density at radius 3 is 2.67 bits per heavy atom. The first kappa shape index (κ1) is 31.5. The zero-order valence-corrected chi connectivity index (χ0v) is 26.4. The Balaban J connectivity index is 1.31. The van der Waals surface area contributed by atoms with Gasteiger partial charge in [0.05, 0.1) is 17.7 Å². The second kappa shape index (κ2) is 12.7. The number of carbonyl (C=O) groups excluding carboxylic acids is 2. The number of carboxylic acid groups (broad SMARTS) is 1. The zero-order chi connectivity index (χ0) is 32.7. The number of aromatic carboxylic acids is 1. The average molecular weight is 650 g/mol. The largest absolute Gasteiger partial charge is 0.478 e. The molecule has 0 saturated carbocycles. The molecule has 2 fully saturated rings. The predicted molar refractivity (Wildman–Crippen MR) is 168 cm³/mol. The number of likely N-dealkylation sites (tertiary alicyclic amines) is 1. The first-order valence-electron chi connectivity index (χ1n) is 15.0. The fourth-order valence-electron chi connectivity index (χ4n) is 6.60. The number of rotatable bonds is 8. The number of carboxylic acids is 1. The molecule has 4 heterocycles. The second-order valence-electron chi connectivity index (χ2n) is 11.7. The van der Waals surface area contributed by atoms with E-state index in [2.05, 4.69) is 15.2 Å². The number of esters is 1. The highest BCUT2D eigenvalue weighted by Crippen LogP contribution is 2.38. The van der Waals surface area contributed by atoms with Gasteiger partial charge in [-0.25, -0.2) is 23.4 Å². The summed E-state index contributed by atoms with van der Waals surface area (Å²) < 4.78 is 34.4. The van der Waals surface area contributed by atoms with Gasteiger partial charge in [-0.05, 0) is 74.7 Å². The summed E-state index contributed by atoms with van der Waals surface area (Å²) in [4.78, 5) is 51.6. The first-order valence-corrected chi connectivity index (χ1v) is 15.9. The number of nitrogens with zero attached hydrogens (tertiary/aromatic N) is 4. The van der Waals surface area contributed by atoms with Gasteiger partial charge in [0.1, 0.15) is 6.04 Å². The monoisotopic (exact) mass is 649 g/mol. The fraction of sp³-hybridized carbons (Fsp3) is 0.364. The second-order valence-corrected chi connectivity index (χ2v) is 12.6. The van der Waals surface area contributed by atoms with E-state index >= 15 is 0 Å². The molecule has 6 rings (SSSR count). The molecule has 2 saturated heterocycles. The lowest BCUT2D eigenvalue weighted by atomic mass is 9.87. The molecule has 0 spiro atoms. The summed E-state index contributed by atoms with van der Waals surface area (Å²) in [5, 5.41) is 15.1. The van der Waals surface area contributed by atoms with Crippen molar-refractivity contribution in [3.8, 4) is 0 Å². The minimum absolute atomic E-state index is 0.00674. The van der Waals surface area contributed by atoms with Crippen LogP contribution in [-0.4, -0.2) is 71.5 Å². The maximum atomic E-state index is 14.8. The number of fused-ring (bicyclic) bond motifs is 1. The van der Waals surface area contributed by atoms with Crippen LogP contribution in [0.2, 0.25) is 0 Å². The van der Waals surface area contributed by atoms with Crippen LogP contribution in [0.3, 0.4) is 0 Å². The molecule has 240 valence electrons. The molecule has 3 aliphatic rings. The Bertz CT molecular complexity index is 1780. The number of nitrogens with one attached hydrogen (secondary N) is 1. The lowest BCUT2D eigenvalue weighted by Gasteiger charge is -2.36. The molecule has 0 radical (unpaired) electrons. The quantitative estimate of drug-likeness (QED) is 0.339. The van der Waals surface area contributed by atoms with Gasteiger partial charge in [-0.1, -0.05) is 6.07 Å². The topological polar surface area (TPSA) is 124 Å². The summed E-state index contributed by atoms with van der Waals surface area (Å²) in [7, 11) is 0. The third-order valence-corrected chi connectivity index (χ3v) is 9.66. The summed E-state index contributed by atoms with van der Waals surface area (Å²) >= 11 is 1.35. The Kier molecular flexibility index (Phi) is 8.71. The van der Waals surface area contributed by atoms with Crippen LogP contribution in [0.1, 0.15) is 51.4 Å². The zero-order valence-electron chi connectivity index (χ0n) is 25.5. The van der Waals surface area contributed by atoms with Crippen molar-refractivity contribution in [2.75, 3.05) is 37.7 Å². The first-order chi connectivity index (χ1) is 22.1. The van der Waals surface area contributed by atoms with Crippen molar-refractivity contribution < 1.29 is 33.0 Å². The number of amidine groups is 1. The van der Waals surface area contributed by atoms with Gasteiger partial charge in [-0.3, -0.25) is 14.7 Å². The van der Waals surface area contributed by atoms with Gasteiger partial charge in [0.2, 0.25) is 5.91 Å². The van der Waals surface area contributed by atoms with Crippen molar-refractivity contribution in [2.24, 2.45) is 16.8 Å². The van der Waals surface area contributed by atoms with Crippen LogP contribution < -0.4 is 10.2 Å². The summed E-state index contributed by atoms with van der Waals surface area (Å²) in [6.07, 6.45) is 2.24. The molecule has 46 heavy (non-hydrogen) atoms. The van der Waals surface area contributed by atoms with Crippen LogP contribution in [0.4, 0.5) is 14.5 Å². The van der Waals surface area contributed by atoms with Crippen molar-refractivity contribution in [3.05, 3.63) is 92.1 Å². The number of benzene rings is 2. The number of hydrogen-bond acceptors (Lipinski definition) is 9. The molecular formula is C33H33F2N5O5S. The van der Waals surface area contributed by atoms with Crippen LogP contribution in [-0.2, 0) is 14.3 Å². The maximum absolute atomic E-state index is 14.8. The molecule has 3 aromatic rings. The molecule has 0 unspecified atom stereocenters. The Morgan fingerprint density at radius 2 is 1.98 bits per heavy atom. The van der Waals surface area contributed by atoms with Crippen LogP contribution in [0, 0.1) is 37.3 Å². The number of anilines is 1. The van der Waals surface area contributed by atoms with Gasteiger partial charge in [0.15, 0.2) is 22.5 Å². The van der Waals surface area contributed by atoms with Gasteiger partial charge < -0.3 is 20.1 Å². The highest BCUT2D eigenvalue weighted by atomic mass is 32.1. The number of ether oxygens (including phenoxy) is 1. The predicted octanol–water partition coefficient (Wildman–Crippen LogP) is 4.63. The van der Waals surface area contributed by atoms with E-state index < -0.39 is 29.6 Å². The molecule has 2 N–H and O–H groups in total. The number of aromatic nitrogens is 1. The molecule has 1 aromatic heterocycles. The Hall–Kier alpha value is -4.49. The number of amides is 1. The van der Waals surface area contributed by atoms with E-state index in [0.29, 0.717) is 66.0 Å². The Labute approximate surface area is 268 Å². The lowest BCUT2D eigenvalue weighted by Crippen LogP contribution is -2.45. The highest BCUT2D eigenvalue weighted by Gasteiger charge is 2.44. The third-order valence-electron chi connectivity index (χ3n) is 8.88. The molecule has 0 bridgehead atoms. The maximum Gasteiger partial charge on any atom is 0.338 e. The summed E-state index contributed by atoms with van der Waals surface area (Å²) in [6, 6.07) is 6.44. The number of halogens is 2. The van der Waals surface area contributed by atoms with Crippen molar-refractivity contribution in [3.63, 3.8) is 0 Å². The van der Waals surface area contributed by atoms with Gasteiger partial charge in [0.25, 0.3) is 0 Å². The summed E-state index contributed by atoms with van der Waals surface area (Å²) in [5.74, 6) is -3.37. The fourth-order valence-corrected chi connectivity index (χ4v) is 7.19. The normalized spacial score (nSPS) is 21.6. The van der Waals surface area contributed by atoms with Gasteiger partial charge >= 0.3 is 11.9 Å². The minimum Gasteiger partial charge on any atom is -0.478 e. The number of aryl methyl sites for hydroxylation is 1. The molecule has 1 amide bonds. The van der Waals surface area contributed by atoms with E-state index in [-0.39, 0.29) is 41.0 Å². The van der Waals surface area contributed by atoms with E-state index in [0.717, 1.165) is 6.07 Å². The Morgan fingerprint density at radius 1 is 1.17 bits per heavy atom. The van der Waals surface area contributed by atoms with Crippen LogP contribution in [0.5, 0.6) is 0 Å². The van der Waals surface area contributed by atoms with Crippen molar-refractivity contribution >= 4 is 40.7 Å². The summed E-state index contributed by atoms with van der Waals surface area (Å²) in [6.45, 7) is 6.90. The highest BCUT2D eigenvalue weighted by molar-refractivity contribution is 7.11. The van der Waals surface area contributed by atoms with Gasteiger partial charge in [0, 0.05) is 54.4 Å². The molecular weight excluding hydrogens is 616 g/mol. The standard InChI is InChI=1S/C33H33F2N5O5S/c1-4-45-33(44)26-25(37-29(30-36-10-12-46-30)38-28(26)22-7-8-24(34)27(35)18(22)3)16-39-11-9-23-19(14-39)15-40(31(23)41)20-5-6-21(32(42)43)17(2)13-20/h5-8,10,12-13,19,23,28H,4,9,11,14-16H2,1-3H3,(H,37,38)(H,42,43)/t19-,23-,28-/m0/s1. The minimum atomic E-state index is -1.01. The average Bonchev–Trinajstić information content (AvgIpc) is 3.68. The smallest absolute Gasteiger partial charge is 0.338 e. The van der Waals surface area contributed by atoms with E-state index in [4.69, 9.17) is 9.73 Å². The molecule has 13 heteroatoms. The van der Waals surface area contributed by atoms with Crippen LogP contribution in [0.15, 0.2) is 58.2 Å². The number of hydrogen-bond donors (Lipinski definition) is 2. The number of aliphatic imine (C=N–C) groups is 1. The molecule has 10 nitrogen and oxygen atoms in total. The molecule has 2 aromatic carbocycles.